The maximum atomic E-state index is 11.2. The van der Waals surface area contributed by atoms with Crippen LogP contribution in [0.25, 0.3) is 22.4 Å². The normalized spacial score (nSPS) is 10.5. The summed E-state index contributed by atoms with van der Waals surface area (Å²) in [5, 5.41) is 11.5. The zero-order valence-corrected chi connectivity index (χ0v) is 12.4. The summed E-state index contributed by atoms with van der Waals surface area (Å²) >= 11 is 6.18. The third kappa shape index (κ3) is 2.82. The SMILES string of the molecule is Nc1nc(-c2cccnc2)c(-c2ccncc2Cl)cc1[N+](=O)[O-]. The lowest BCUT2D eigenvalue weighted by atomic mass is 10.0. The number of nitrogens with two attached hydrogens (primary N) is 1. The smallest absolute Gasteiger partial charge is 0.311 e. The van der Waals surface area contributed by atoms with Crippen LogP contribution in [0.4, 0.5) is 11.5 Å². The van der Waals surface area contributed by atoms with Crippen LogP contribution in [0.3, 0.4) is 0 Å². The van der Waals surface area contributed by atoms with Crippen LogP contribution in [0, 0.1) is 10.1 Å². The lowest BCUT2D eigenvalue weighted by molar-refractivity contribution is -0.384. The van der Waals surface area contributed by atoms with Crippen molar-refractivity contribution in [3.63, 3.8) is 0 Å². The molecule has 0 aliphatic rings. The van der Waals surface area contributed by atoms with Crippen molar-refractivity contribution in [1.82, 2.24) is 15.0 Å². The van der Waals surface area contributed by atoms with Crippen LogP contribution in [0.5, 0.6) is 0 Å². The van der Waals surface area contributed by atoms with Crippen molar-refractivity contribution in [2.75, 3.05) is 5.73 Å². The molecule has 0 aromatic carbocycles. The van der Waals surface area contributed by atoms with E-state index >= 15 is 0 Å². The molecule has 0 bridgehead atoms. The Hall–Kier alpha value is -3.06. The fraction of sp³-hybridized carbons (Fsp3) is 0. The van der Waals surface area contributed by atoms with Crippen molar-refractivity contribution in [2.24, 2.45) is 0 Å². The maximum absolute atomic E-state index is 11.2. The molecule has 23 heavy (non-hydrogen) atoms. The predicted octanol–water partition coefficient (Wildman–Crippen LogP) is 3.35. The van der Waals surface area contributed by atoms with Crippen molar-refractivity contribution < 1.29 is 4.92 Å². The number of aromatic nitrogens is 3. The summed E-state index contributed by atoms with van der Waals surface area (Å²) in [6.07, 6.45) is 6.24. The van der Waals surface area contributed by atoms with Gasteiger partial charge in [0.1, 0.15) is 0 Å². The van der Waals surface area contributed by atoms with Crippen LogP contribution in [0.1, 0.15) is 0 Å². The molecule has 8 heteroatoms. The minimum atomic E-state index is -0.575. The first-order chi connectivity index (χ1) is 11.1. The molecule has 3 aromatic rings. The van der Waals surface area contributed by atoms with E-state index in [-0.39, 0.29) is 11.5 Å². The molecule has 0 radical (unpaired) electrons. The molecule has 0 unspecified atom stereocenters. The Morgan fingerprint density at radius 1 is 1.13 bits per heavy atom. The number of hydrogen-bond donors (Lipinski definition) is 1. The second-order valence-corrected chi connectivity index (χ2v) is 5.05. The van der Waals surface area contributed by atoms with E-state index < -0.39 is 4.92 Å². The van der Waals surface area contributed by atoms with Crippen LogP contribution >= 0.6 is 11.6 Å². The molecule has 7 nitrogen and oxygen atoms in total. The monoisotopic (exact) mass is 327 g/mol. The van der Waals surface area contributed by atoms with Gasteiger partial charge in [-0.1, -0.05) is 11.6 Å². The number of rotatable bonds is 3. The van der Waals surface area contributed by atoms with Gasteiger partial charge in [0.15, 0.2) is 0 Å². The lowest BCUT2D eigenvalue weighted by Crippen LogP contribution is -2.02. The predicted molar refractivity (Wildman–Crippen MR) is 86.8 cm³/mol. The number of nitro groups is 1. The van der Waals surface area contributed by atoms with E-state index in [1.807, 2.05) is 0 Å². The zero-order valence-electron chi connectivity index (χ0n) is 11.7. The molecule has 0 aliphatic carbocycles. The Bertz CT molecular complexity index is 886. The van der Waals surface area contributed by atoms with Crippen LogP contribution < -0.4 is 5.73 Å². The highest BCUT2D eigenvalue weighted by atomic mass is 35.5. The summed E-state index contributed by atoms with van der Waals surface area (Å²) in [5.74, 6) is -0.164. The van der Waals surface area contributed by atoms with Crippen molar-refractivity contribution in [3.05, 3.63) is 64.2 Å². The number of halogens is 1. The van der Waals surface area contributed by atoms with E-state index in [0.717, 1.165) is 0 Å². The molecule has 3 heterocycles. The fourth-order valence-corrected chi connectivity index (χ4v) is 2.41. The van der Waals surface area contributed by atoms with Gasteiger partial charge in [-0.15, -0.1) is 0 Å². The quantitative estimate of drug-likeness (QED) is 0.583. The highest BCUT2D eigenvalue weighted by Gasteiger charge is 2.21. The molecular weight excluding hydrogens is 318 g/mol. The van der Waals surface area contributed by atoms with Gasteiger partial charge in [0.25, 0.3) is 0 Å². The Morgan fingerprint density at radius 2 is 1.91 bits per heavy atom. The van der Waals surface area contributed by atoms with Gasteiger partial charge in [-0.05, 0) is 18.2 Å². The van der Waals surface area contributed by atoms with Gasteiger partial charge >= 0.3 is 5.69 Å². The summed E-state index contributed by atoms with van der Waals surface area (Å²) in [4.78, 5) is 22.8. The van der Waals surface area contributed by atoms with Gasteiger partial charge in [0.2, 0.25) is 5.82 Å². The Kier molecular flexibility index (Phi) is 3.86. The van der Waals surface area contributed by atoms with Crippen LogP contribution in [0.15, 0.2) is 49.1 Å². The van der Waals surface area contributed by atoms with Gasteiger partial charge < -0.3 is 5.73 Å². The Morgan fingerprint density at radius 3 is 2.57 bits per heavy atom. The van der Waals surface area contributed by atoms with E-state index in [4.69, 9.17) is 17.3 Å². The van der Waals surface area contributed by atoms with Crippen LogP contribution in [0.2, 0.25) is 5.02 Å². The molecule has 0 amide bonds. The van der Waals surface area contributed by atoms with E-state index in [1.54, 1.807) is 36.8 Å². The Balaban J connectivity index is 2.33. The van der Waals surface area contributed by atoms with Crippen molar-refractivity contribution in [2.45, 2.75) is 0 Å². The molecule has 2 N–H and O–H groups in total. The summed E-state index contributed by atoms with van der Waals surface area (Å²) in [6, 6.07) is 6.57. The number of hydrogen-bond acceptors (Lipinski definition) is 6. The van der Waals surface area contributed by atoms with Crippen molar-refractivity contribution in [3.8, 4) is 22.4 Å². The van der Waals surface area contributed by atoms with Gasteiger partial charge in [0.05, 0.1) is 15.6 Å². The van der Waals surface area contributed by atoms with E-state index in [2.05, 4.69) is 15.0 Å². The van der Waals surface area contributed by atoms with Crippen molar-refractivity contribution >= 4 is 23.1 Å². The molecule has 114 valence electrons. The lowest BCUT2D eigenvalue weighted by Gasteiger charge is -2.11. The fourth-order valence-electron chi connectivity index (χ4n) is 2.19. The first-order valence-corrected chi connectivity index (χ1v) is 6.91. The molecule has 0 spiro atoms. The largest absolute Gasteiger partial charge is 0.378 e. The van der Waals surface area contributed by atoms with Crippen LogP contribution in [-0.2, 0) is 0 Å². The third-order valence-corrected chi connectivity index (χ3v) is 3.53. The average molecular weight is 328 g/mol. The Labute approximate surface area is 136 Å². The van der Waals surface area contributed by atoms with Gasteiger partial charge in [-0.3, -0.25) is 20.1 Å². The van der Waals surface area contributed by atoms with Crippen molar-refractivity contribution in [1.29, 1.82) is 0 Å². The summed E-state index contributed by atoms with van der Waals surface area (Å²) in [6.45, 7) is 0. The number of nitrogens with zero attached hydrogens (tertiary/aromatic N) is 4. The summed E-state index contributed by atoms with van der Waals surface area (Å²) < 4.78 is 0. The number of anilines is 1. The highest BCUT2D eigenvalue weighted by molar-refractivity contribution is 6.33. The van der Waals surface area contributed by atoms with E-state index in [0.29, 0.717) is 27.4 Å². The first-order valence-electron chi connectivity index (χ1n) is 6.53. The number of nitrogen functional groups attached to an aromatic ring is 1. The van der Waals surface area contributed by atoms with E-state index in [9.17, 15) is 10.1 Å². The molecule has 0 aliphatic heterocycles. The summed E-state index contributed by atoms with van der Waals surface area (Å²) in [7, 11) is 0. The van der Waals surface area contributed by atoms with Gasteiger partial charge in [-0.2, -0.15) is 0 Å². The topological polar surface area (TPSA) is 108 Å². The van der Waals surface area contributed by atoms with Gasteiger partial charge in [-0.25, -0.2) is 4.98 Å². The van der Waals surface area contributed by atoms with E-state index in [1.165, 1.54) is 12.3 Å². The standard InChI is InChI=1S/C15H10ClN5O2/c16-12-8-19-5-3-10(12)11-6-13(21(22)23)15(17)20-14(11)9-2-1-4-18-7-9/h1-8H,(H2,17,20). The second kappa shape index (κ2) is 5.98. The number of pyridine rings is 3. The zero-order chi connectivity index (χ0) is 16.4. The third-order valence-electron chi connectivity index (χ3n) is 3.23. The molecular formula is C15H10ClN5O2. The first kappa shape index (κ1) is 14.9. The average Bonchev–Trinajstić information content (AvgIpc) is 2.56. The molecule has 0 fully saturated rings. The minimum absolute atomic E-state index is 0.164. The minimum Gasteiger partial charge on any atom is -0.378 e. The highest BCUT2D eigenvalue weighted by Crippen LogP contribution is 2.38. The molecule has 0 saturated carbocycles. The molecule has 0 atom stereocenters. The maximum Gasteiger partial charge on any atom is 0.311 e. The summed E-state index contributed by atoms with van der Waals surface area (Å²) in [5.41, 5.74) is 7.67. The van der Waals surface area contributed by atoms with Gasteiger partial charge in [0, 0.05) is 47.5 Å². The molecule has 3 aromatic heterocycles. The molecule has 0 saturated heterocycles. The molecule has 3 rings (SSSR count). The second-order valence-electron chi connectivity index (χ2n) is 4.64. The van der Waals surface area contributed by atoms with Crippen LogP contribution in [-0.4, -0.2) is 19.9 Å².